The molecule has 1 aromatic carbocycles. The Morgan fingerprint density at radius 3 is 2.43 bits per heavy atom. The van der Waals surface area contributed by atoms with E-state index in [0.717, 1.165) is 12.8 Å². The minimum Gasteiger partial charge on any atom is -0.396 e. The average Bonchev–Trinajstić information content (AvgIpc) is 2.52. The van der Waals surface area contributed by atoms with Crippen molar-refractivity contribution in [2.24, 2.45) is 5.92 Å². The number of nitrogens with one attached hydrogen (secondary N) is 2. The molecule has 0 spiro atoms. The van der Waals surface area contributed by atoms with Crippen LogP contribution in [0, 0.1) is 5.92 Å². The monoisotopic (exact) mass is 292 g/mol. The fourth-order valence-corrected chi connectivity index (χ4v) is 2.22. The van der Waals surface area contributed by atoms with Crippen LogP contribution in [0.3, 0.4) is 0 Å². The van der Waals surface area contributed by atoms with Crippen LogP contribution in [0.1, 0.15) is 46.9 Å². The van der Waals surface area contributed by atoms with Crippen molar-refractivity contribution in [2.75, 3.05) is 20.2 Å². The van der Waals surface area contributed by atoms with E-state index in [2.05, 4.69) is 17.6 Å². The zero-order valence-corrected chi connectivity index (χ0v) is 12.7. The Morgan fingerprint density at radius 1 is 1.19 bits per heavy atom. The van der Waals surface area contributed by atoms with Crippen LogP contribution >= 0.6 is 0 Å². The SMILES string of the molecule is CCCC(CCO)CNC(=O)c1cccc(C(=O)NC)c1. The Kier molecular flexibility index (Phi) is 7.46. The third kappa shape index (κ3) is 5.55. The number of amides is 2. The first-order chi connectivity index (χ1) is 10.1. The topological polar surface area (TPSA) is 78.4 Å². The molecule has 5 nitrogen and oxygen atoms in total. The highest BCUT2D eigenvalue weighted by molar-refractivity contribution is 5.99. The van der Waals surface area contributed by atoms with Crippen molar-refractivity contribution in [3.63, 3.8) is 0 Å². The van der Waals surface area contributed by atoms with Crippen LogP contribution in [0.5, 0.6) is 0 Å². The van der Waals surface area contributed by atoms with Crippen molar-refractivity contribution in [1.82, 2.24) is 10.6 Å². The van der Waals surface area contributed by atoms with Gasteiger partial charge in [0.05, 0.1) is 0 Å². The van der Waals surface area contributed by atoms with Gasteiger partial charge in [-0.25, -0.2) is 0 Å². The second-order valence-electron chi connectivity index (χ2n) is 5.04. The second-order valence-corrected chi connectivity index (χ2v) is 5.04. The molecular weight excluding hydrogens is 268 g/mol. The molecule has 116 valence electrons. The van der Waals surface area contributed by atoms with Crippen molar-refractivity contribution < 1.29 is 14.7 Å². The molecule has 0 aliphatic rings. The predicted molar refractivity (Wildman–Crippen MR) is 82.3 cm³/mol. The molecule has 1 rings (SSSR count). The maximum atomic E-state index is 12.1. The van der Waals surface area contributed by atoms with Crippen molar-refractivity contribution in [2.45, 2.75) is 26.2 Å². The summed E-state index contributed by atoms with van der Waals surface area (Å²) in [6, 6.07) is 6.62. The Balaban J connectivity index is 2.64. The molecule has 0 fully saturated rings. The lowest BCUT2D eigenvalue weighted by Gasteiger charge is -2.15. The largest absolute Gasteiger partial charge is 0.396 e. The summed E-state index contributed by atoms with van der Waals surface area (Å²) in [5.41, 5.74) is 0.931. The number of aliphatic hydroxyl groups is 1. The molecule has 1 atom stereocenters. The highest BCUT2D eigenvalue weighted by atomic mass is 16.3. The highest BCUT2D eigenvalue weighted by Crippen LogP contribution is 2.10. The third-order valence-corrected chi connectivity index (χ3v) is 3.40. The minimum absolute atomic E-state index is 0.132. The summed E-state index contributed by atoms with van der Waals surface area (Å²) in [6.07, 6.45) is 2.68. The van der Waals surface area contributed by atoms with Crippen LogP contribution in [-0.2, 0) is 0 Å². The average molecular weight is 292 g/mol. The summed E-state index contributed by atoms with van der Waals surface area (Å²) in [5.74, 6) is -0.125. The van der Waals surface area contributed by atoms with Gasteiger partial charge in [-0.2, -0.15) is 0 Å². The van der Waals surface area contributed by atoms with Crippen molar-refractivity contribution in [3.8, 4) is 0 Å². The molecular formula is C16H24N2O3. The van der Waals surface area contributed by atoms with E-state index in [9.17, 15) is 9.59 Å². The van der Waals surface area contributed by atoms with Gasteiger partial charge in [0.15, 0.2) is 0 Å². The number of rotatable bonds is 8. The van der Waals surface area contributed by atoms with Gasteiger partial charge in [0.1, 0.15) is 0 Å². The molecule has 0 aromatic heterocycles. The van der Waals surface area contributed by atoms with Crippen molar-refractivity contribution >= 4 is 11.8 Å². The van der Waals surface area contributed by atoms with Gasteiger partial charge < -0.3 is 15.7 Å². The van der Waals surface area contributed by atoms with E-state index in [1.165, 1.54) is 0 Å². The molecule has 0 heterocycles. The molecule has 2 amide bonds. The molecule has 0 aliphatic heterocycles. The van der Waals surface area contributed by atoms with Crippen LogP contribution < -0.4 is 10.6 Å². The Bertz CT molecular complexity index is 468. The first-order valence-corrected chi connectivity index (χ1v) is 7.33. The van der Waals surface area contributed by atoms with Gasteiger partial charge >= 0.3 is 0 Å². The lowest BCUT2D eigenvalue weighted by molar-refractivity contribution is 0.0943. The van der Waals surface area contributed by atoms with E-state index in [1.54, 1.807) is 31.3 Å². The molecule has 5 heteroatoms. The maximum absolute atomic E-state index is 12.1. The molecule has 0 bridgehead atoms. The summed E-state index contributed by atoms with van der Waals surface area (Å²) >= 11 is 0. The Labute approximate surface area is 125 Å². The zero-order chi connectivity index (χ0) is 15.7. The summed E-state index contributed by atoms with van der Waals surface area (Å²) in [5, 5.41) is 14.4. The van der Waals surface area contributed by atoms with E-state index in [4.69, 9.17) is 5.11 Å². The molecule has 0 aliphatic carbocycles. The quantitative estimate of drug-likeness (QED) is 0.680. The fraction of sp³-hybridized carbons (Fsp3) is 0.500. The van der Waals surface area contributed by atoms with Crippen molar-refractivity contribution in [3.05, 3.63) is 35.4 Å². The fourth-order valence-electron chi connectivity index (χ4n) is 2.22. The third-order valence-electron chi connectivity index (χ3n) is 3.40. The van der Waals surface area contributed by atoms with Gasteiger partial charge in [-0.15, -0.1) is 0 Å². The number of aliphatic hydroxyl groups excluding tert-OH is 1. The van der Waals surface area contributed by atoms with Crippen LogP contribution in [-0.4, -0.2) is 37.1 Å². The smallest absolute Gasteiger partial charge is 0.251 e. The van der Waals surface area contributed by atoms with E-state index in [-0.39, 0.29) is 24.3 Å². The van der Waals surface area contributed by atoms with E-state index in [1.807, 2.05) is 0 Å². The van der Waals surface area contributed by atoms with Gasteiger partial charge in [-0.1, -0.05) is 19.4 Å². The minimum atomic E-state index is -0.214. The van der Waals surface area contributed by atoms with Crippen LogP contribution in [0.15, 0.2) is 24.3 Å². The summed E-state index contributed by atoms with van der Waals surface area (Å²) < 4.78 is 0. The molecule has 1 unspecified atom stereocenters. The molecule has 3 N–H and O–H groups in total. The standard InChI is InChI=1S/C16H24N2O3/c1-3-5-12(8-9-19)11-18-16(21)14-7-4-6-13(10-14)15(20)17-2/h4,6-7,10,12,19H,3,5,8-9,11H2,1-2H3,(H,17,20)(H,18,21). The molecule has 0 saturated heterocycles. The molecule has 0 saturated carbocycles. The molecule has 0 radical (unpaired) electrons. The first-order valence-electron chi connectivity index (χ1n) is 7.33. The number of hydrogen-bond donors (Lipinski definition) is 3. The van der Waals surface area contributed by atoms with E-state index in [0.29, 0.717) is 24.1 Å². The zero-order valence-electron chi connectivity index (χ0n) is 12.7. The van der Waals surface area contributed by atoms with Gasteiger partial charge in [0.2, 0.25) is 0 Å². The summed E-state index contributed by atoms with van der Waals surface area (Å²) in [7, 11) is 1.55. The maximum Gasteiger partial charge on any atom is 0.251 e. The first kappa shape index (κ1) is 17.2. The molecule has 21 heavy (non-hydrogen) atoms. The summed E-state index contributed by atoms with van der Waals surface area (Å²) in [6.45, 7) is 2.75. The lowest BCUT2D eigenvalue weighted by atomic mass is 10.00. The number of carbonyl (C=O) groups excluding carboxylic acids is 2. The Morgan fingerprint density at radius 2 is 1.86 bits per heavy atom. The van der Waals surface area contributed by atoms with Crippen LogP contribution in [0.25, 0.3) is 0 Å². The highest BCUT2D eigenvalue weighted by Gasteiger charge is 2.12. The number of benzene rings is 1. The number of carbonyl (C=O) groups is 2. The van der Waals surface area contributed by atoms with Gasteiger partial charge in [-0.3, -0.25) is 9.59 Å². The lowest BCUT2D eigenvalue weighted by Crippen LogP contribution is -2.30. The second kappa shape index (κ2) is 9.13. The summed E-state index contributed by atoms with van der Waals surface area (Å²) in [4.78, 5) is 23.7. The van der Waals surface area contributed by atoms with Gasteiger partial charge in [-0.05, 0) is 37.0 Å². The molecule has 1 aromatic rings. The number of hydrogen-bond acceptors (Lipinski definition) is 3. The predicted octanol–water partition coefficient (Wildman–Crippen LogP) is 1.57. The van der Waals surface area contributed by atoms with Gasteiger partial charge in [0.25, 0.3) is 11.8 Å². The van der Waals surface area contributed by atoms with Crippen LogP contribution in [0.2, 0.25) is 0 Å². The Hall–Kier alpha value is -1.88. The van der Waals surface area contributed by atoms with Crippen LogP contribution in [0.4, 0.5) is 0 Å². The van der Waals surface area contributed by atoms with Crippen molar-refractivity contribution in [1.29, 1.82) is 0 Å². The van der Waals surface area contributed by atoms with Gasteiger partial charge in [0, 0.05) is 31.3 Å². The normalized spacial score (nSPS) is 11.8. The van der Waals surface area contributed by atoms with E-state index >= 15 is 0 Å². The van der Waals surface area contributed by atoms with E-state index < -0.39 is 0 Å².